The molecule has 1 aliphatic carbocycles. The zero-order chi connectivity index (χ0) is 17.5. The van der Waals surface area contributed by atoms with Crippen molar-refractivity contribution in [1.82, 2.24) is 20.0 Å². The number of hydrogen-bond donors (Lipinski definition) is 0. The highest BCUT2D eigenvalue weighted by Crippen LogP contribution is 2.30. The summed E-state index contributed by atoms with van der Waals surface area (Å²) in [6, 6.07) is 10.2. The fourth-order valence-electron chi connectivity index (χ4n) is 4.30. The highest BCUT2D eigenvalue weighted by molar-refractivity contribution is 5.91. The van der Waals surface area contributed by atoms with Crippen LogP contribution in [0.5, 0.6) is 0 Å². The molecule has 132 valence electrons. The van der Waals surface area contributed by atoms with Gasteiger partial charge in [0.1, 0.15) is 0 Å². The van der Waals surface area contributed by atoms with E-state index >= 15 is 0 Å². The van der Waals surface area contributed by atoms with Crippen LogP contribution in [0.2, 0.25) is 0 Å². The van der Waals surface area contributed by atoms with E-state index in [0.717, 1.165) is 66.5 Å². The van der Waals surface area contributed by atoms with E-state index in [9.17, 15) is 4.79 Å². The minimum atomic E-state index is 0.0153. The summed E-state index contributed by atoms with van der Waals surface area (Å²) < 4.78 is 1.66. The highest BCUT2D eigenvalue weighted by atomic mass is 16.1. The molecule has 0 spiro atoms. The molecule has 3 heterocycles. The monoisotopic (exact) mass is 347 g/mol. The molecule has 0 N–H and O–H groups in total. The SMILES string of the molecule is O=c1cc2c(nn1CC1CCCN1c1nncc3ccccc13)CCC2. The molecule has 1 aromatic carbocycles. The first-order valence-electron chi connectivity index (χ1n) is 9.36. The number of benzene rings is 1. The van der Waals surface area contributed by atoms with Crippen LogP contribution in [-0.2, 0) is 19.4 Å². The third kappa shape index (κ3) is 2.57. The van der Waals surface area contributed by atoms with E-state index in [1.165, 1.54) is 0 Å². The maximum Gasteiger partial charge on any atom is 0.267 e. The number of hydrogen-bond acceptors (Lipinski definition) is 5. The fourth-order valence-corrected chi connectivity index (χ4v) is 4.30. The fraction of sp³-hybridized carbons (Fsp3) is 0.400. The van der Waals surface area contributed by atoms with Crippen LogP contribution >= 0.6 is 0 Å². The summed E-state index contributed by atoms with van der Waals surface area (Å²) in [5.74, 6) is 0.916. The zero-order valence-electron chi connectivity index (χ0n) is 14.6. The lowest BCUT2D eigenvalue weighted by atomic mass is 10.1. The lowest BCUT2D eigenvalue weighted by Gasteiger charge is -2.26. The Morgan fingerprint density at radius 3 is 3.04 bits per heavy atom. The number of rotatable bonds is 3. The number of aryl methyl sites for hydroxylation is 2. The van der Waals surface area contributed by atoms with Crippen LogP contribution in [-0.4, -0.2) is 32.6 Å². The molecule has 0 saturated carbocycles. The molecule has 3 aromatic rings. The van der Waals surface area contributed by atoms with Crippen LogP contribution in [0.3, 0.4) is 0 Å². The predicted octanol–water partition coefficient (Wildman–Crippen LogP) is 2.34. The molecule has 1 aliphatic heterocycles. The second-order valence-corrected chi connectivity index (χ2v) is 7.24. The second kappa shape index (κ2) is 6.20. The second-order valence-electron chi connectivity index (χ2n) is 7.24. The summed E-state index contributed by atoms with van der Waals surface area (Å²) in [5, 5.41) is 15.5. The van der Waals surface area contributed by atoms with Crippen LogP contribution < -0.4 is 10.5 Å². The van der Waals surface area contributed by atoms with Crippen molar-refractivity contribution < 1.29 is 0 Å². The molecule has 1 saturated heterocycles. The van der Waals surface area contributed by atoms with Crippen LogP contribution in [0.25, 0.3) is 10.8 Å². The first-order chi connectivity index (χ1) is 12.8. The van der Waals surface area contributed by atoms with Crippen molar-refractivity contribution in [2.24, 2.45) is 0 Å². The topological polar surface area (TPSA) is 63.9 Å². The maximum absolute atomic E-state index is 12.5. The minimum absolute atomic E-state index is 0.0153. The van der Waals surface area contributed by atoms with Crippen LogP contribution in [0.15, 0.2) is 41.3 Å². The smallest absolute Gasteiger partial charge is 0.267 e. The average molecular weight is 347 g/mol. The van der Waals surface area contributed by atoms with Gasteiger partial charge in [-0.05, 0) is 37.7 Å². The van der Waals surface area contributed by atoms with Gasteiger partial charge in [0.05, 0.1) is 24.5 Å². The quantitative estimate of drug-likeness (QED) is 0.728. The number of fused-ring (bicyclic) bond motifs is 2. The molecule has 2 aromatic heterocycles. The zero-order valence-corrected chi connectivity index (χ0v) is 14.6. The number of aromatic nitrogens is 4. The van der Waals surface area contributed by atoms with Crippen molar-refractivity contribution in [2.45, 2.75) is 44.7 Å². The van der Waals surface area contributed by atoms with Gasteiger partial charge in [-0.1, -0.05) is 24.3 Å². The van der Waals surface area contributed by atoms with Crippen molar-refractivity contribution in [2.75, 3.05) is 11.4 Å². The Kier molecular flexibility index (Phi) is 3.69. The Morgan fingerprint density at radius 1 is 1.15 bits per heavy atom. The summed E-state index contributed by atoms with van der Waals surface area (Å²) in [6.45, 7) is 1.55. The molecular formula is C20H21N5O. The van der Waals surface area contributed by atoms with Gasteiger partial charge in [-0.2, -0.15) is 10.2 Å². The molecule has 1 unspecified atom stereocenters. The molecule has 2 aliphatic rings. The molecule has 1 atom stereocenters. The Hall–Kier alpha value is -2.76. The molecule has 0 radical (unpaired) electrons. The van der Waals surface area contributed by atoms with E-state index in [0.29, 0.717) is 6.54 Å². The Morgan fingerprint density at radius 2 is 2.08 bits per heavy atom. The molecule has 0 amide bonds. The maximum atomic E-state index is 12.5. The number of nitrogens with zero attached hydrogens (tertiary/aromatic N) is 5. The van der Waals surface area contributed by atoms with Crippen molar-refractivity contribution in [3.05, 3.63) is 58.1 Å². The van der Waals surface area contributed by atoms with E-state index in [1.54, 1.807) is 16.9 Å². The van der Waals surface area contributed by atoms with Gasteiger partial charge < -0.3 is 4.90 Å². The largest absolute Gasteiger partial charge is 0.350 e. The first kappa shape index (κ1) is 15.5. The lowest BCUT2D eigenvalue weighted by molar-refractivity contribution is 0.481. The van der Waals surface area contributed by atoms with Gasteiger partial charge in [0.15, 0.2) is 5.82 Å². The van der Waals surface area contributed by atoms with E-state index in [2.05, 4.69) is 32.3 Å². The Balaban J connectivity index is 1.49. The Bertz CT molecular complexity index is 1020. The van der Waals surface area contributed by atoms with E-state index in [4.69, 9.17) is 0 Å². The summed E-state index contributed by atoms with van der Waals surface area (Å²) in [5.41, 5.74) is 2.25. The van der Waals surface area contributed by atoms with Crippen LogP contribution in [0, 0.1) is 0 Å². The summed E-state index contributed by atoms with van der Waals surface area (Å²) in [4.78, 5) is 14.8. The van der Waals surface area contributed by atoms with Crippen molar-refractivity contribution in [3.8, 4) is 0 Å². The third-order valence-corrected chi connectivity index (χ3v) is 5.61. The van der Waals surface area contributed by atoms with Gasteiger partial charge in [0.2, 0.25) is 0 Å². The van der Waals surface area contributed by atoms with Crippen LogP contribution in [0.1, 0.15) is 30.5 Å². The Labute approximate surface area is 151 Å². The third-order valence-electron chi connectivity index (χ3n) is 5.61. The normalized spacial score (nSPS) is 19.2. The molecule has 6 nitrogen and oxygen atoms in total. The van der Waals surface area contributed by atoms with Gasteiger partial charge in [-0.25, -0.2) is 4.68 Å². The molecule has 5 rings (SSSR count). The summed E-state index contributed by atoms with van der Waals surface area (Å²) in [6.07, 6.45) is 7.01. The van der Waals surface area contributed by atoms with E-state index in [1.807, 2.05) is 12.1 Å². The van der Waals surface area contributed by atoms with Crippen molar-refractivity contribution in [1.29, 1.82) is 0 Å². The van der Waals surface area contributed by atoms with Crippen molar-refractivity contribution in [3.63, 3.8) is 0 Å². The van der Waals surface area contributed by atoms with E-state index < -0.39 is 0 Å². The predicted molar refractivity (Wildman–Crippen MR) is 100 cm³/mol. The average Bonchev–Trinajstić information content (AvgIpc) is 3.30. The molecule has 6 heteroatoms. The number of anilines is 1. The molecular weight excluding hydrogens is 326 g/mol. The van der Waals surface area contributed by atoms with Gasteiger partial charge in [0, 0.05) is 23.4 Å². The lowest BCUT2D eigenvalue weighted by Crippen LogP contribution is -2.38. The molecule has 0 bridgehead atoms. The highest BCUT2D eigenvalue weighted by Gasteiger charge is 2.28. The van der Waals surface area contributed by atoms with Crippen molar-refractivity contribution >= 4 is 16.6 Å². The van der Waals surface area contributed by atoms with Gasteiger partial charge in [-0.3, -0.25) is 4.79 Å². The first-order valence-corrected chi connectivity index (χ1v) is 9.36. The standard InChI is InChI=1S/C20H21N5O/c26-19-11-14-6-3-9-18(14)23-25(19)13-16-7-4-10-24(16)20-17-8-2-1-5-15(17)12-21-22-20/h1-2,5,8,11-12,16H,3-4,6-7,9-10,13H2. The van der Waals surface area contributed by atoms with Gasteiger partial charge >= 0.3 is 0 Å². The molecule has 1 fully saturated rings. The summed E-state index contributed by atoms with van der Waals surface area (Å²) >= 11 is 0. The van der Waals surface area contributed by atoms with Gasteiger partial charge in [-0.15, -0.1) is 5.10 Å². The van der Waals surface area contributed by atoms with Gasteiger partial charge in [0.25, 0.3) is 5.56 Å². The summed E-state index contributed by atoms with van der Waals surface area (Å²) in [7, 11) is 0. The van der Waals surface area contributed by atoms with E-state index in [-0.39, 0.29) is 11.6 Å². The minimum Gasteiger partial charge on any atom is -0.350 e. The van der Waals surface area contributed by atoms with Crippen LogP contribution in [0.4, 0.5) is 5.82 Å². The molecule has 26 heavy (non-hydrogen) atoms.